The molecule has 0 radical (unpaired) electrons. The number of ether oxygens (including phenoxy) is 3. The minimum atomic E-state index is -3.48. The average molecular weight is 419 g/mol. The number of sulfonamides is 1. The van der Waals surface area contributed by atoms with E-state index in [1.54, 1.807) is 36.7 Å². The molecule has 0 aliphatic carbocycles. The highest BCUT2D eigenvalue weighted by molar-refractivity contribution is 7.89. The van der Waals surface area contributed by atoms with Crippen molar-refractivity contribution in [2.45, 2.75) is 17.9 Å². The molecular formula is C21H26N2O5S. The molecule has 29 heavy (non-hydrogen) atoms. The largest absolute Gasteiger partial charge is 0.493 e. The molecule has 0 aromatic heterocycles. The van der Waals surface area contributed by atoms with Crippen molar-refractivity contribution in [1.82, 2.24) is 9.21 Å². The molecule has 0 N–H and O–H groups in total. The van der Waals surface area contributed by atoms with Crippen molar-refractivity contribution >= 4 is 10.0 Å². The zero-order valence-electron chi connectivity index (χ0n) is 16.8. The van der Waals surface area contributed by atoms with Crippen LogP contribution in [0.5, 0.6) is 17.2 Å². The first-order valence-electron chi connectivity index (χ1n) is 9.70. The van der Waals surface area contributed by atoms with Gasteiger partial charge < -0.3 is 14.2 Å². The van der Waals surface area contributed by atoms with Crippen molar-refractivity contribution in [3.8, 4) is 17.2 Å². The van der Waals surface area contributed by atoms with Gasteiger partial charge in [0.15, 0.2) is 11.5 Å². The first-order valence-corrected chi connectivity index (χ1v) is 11.1. The van der Waals surface area contributed by atoms with Gasteiger partial charge in [-0.05, 0) is 41.5 Å². The molecule has 4 rings (SSSR count). The smallest absolute Gasteiger partial charge is 0.243 e. The van der Waals surface area contributed by atoms with Crippen LogP contribution < -0.4 is 14.2 Å². The van der Waals surface area contributed by atoms with Gasteiger partial charge in [-0.15, -0.1) is 0 Å². The van der Waals surface area contributed by atoms with Crippen LogP contribution in [0.4, 0.5) is 0 Å². The number of piperazine rings is 1. The fraction of sp³-hybridized carbons (Fsp3) is 0.429. The summed E-state index contributed by atoms with van der Waals surface area (Å²) in [5.74, 6) is 2.20. The Morgan fingerprint density at radius 2 is 1.72 bits per heavy atom. The van der Waals surface area contributed by atoms with E-state index in [4.69, 9.17) is 14.2 Å². The highest BCUT2D eigenvalue weighted by Gasteiger charge is 2.29. The fourth-order valence-corrected chi connectivity index (χ4v) is 5.31. The van der Waals surface area contributed by atoms with Crippen molar-refractivity contribution in [3.05, 3.63) is 47.5 Å². The first-order chi connectivity index (χ1) is 14.0. The summed E-state index contributed by atoms with van der Waals surface area (Å²) in [6.45, 7) is 3.67. The molecule has 2 aliphatic rings. The molecule has 1 fully saturated rings. The Labute approximate surface area is 171 Å². The highest BCUT2D eigenvalue weighted by atomic mass is 32.2. The third-order valence-corrected chi connectivity index (χ3v) is 7.38. The van der Waals surface area contributed by atoms with Crippen LogP contribution in [0, 0.1) is 0 Å². The van der Waals surface area contributed by atoms with Gasteiger partial charge in [-0.1, -0.05) is 6.07 Å². The van der Waals surface area contributed by atoms with E-state index in [0.717, 1.165) is 29.8 Å². The summed E-state index contributed by atoms with van der Waals surface area (Å²) in [7, 11) is -0.247. The molecule has 0 saturated carbocycles. The summed E-state index contributed by atoms with van der Waals surface area (Å²) in [6.07, 6.45) is 0.762. The predicted molar refractivity (Wildman–Crippen MR) is 109 cm³/mol. The third-order valence-electron chi connectivity index (χ3n) is 5.48. The van der Waals surface area contributed by atoms with Gasteiger partial charge in [0, 0.05) is 39.1 Å². The van der Waals surface area contributed by atoms with Crippen molar-refractivity contribution in [2.24, 2.45) is 0 Å². The van der Waals surface area contributed by atoms with E-state index in [1.165, 1.54) is 0 Å². The van der Waals surface area contributed by atoms with Gasteiger partial charge >= 0.3 is 0 Å². The summed E-state index contributed by atoms with van der Waals surface area (Å²) in [5, 5.41) is 0. The lowest BCUT2D eigenvalue weighted by Gasteiger charge is -2.34. The first kappa shape index (κ1) is 20.0. The van der Waals surface area contributed by atoms with Crippen LogP contribution in [0.15, 0.2) is 41.3 Å². The molecule has 7 nitrogen and oxygen atoms in total. The van der Waals surface area contributed by atoms with E-state index in [1.807, 2.05) is 18.2 Å². The fourth-order valence-electron chi connectivity index (χ4n) is 3.84. The molecule has 0 spiro atoms. The molecule has 2 aromatic rings. The summed E-state index contributed by atoms with van der Waals surface area (Å²) >= 11 is 0. The van der Waals surface area contributed by atoms with Gasteiger partial charge in [-0.3, -0.25) is 4.90 Å². The Balaban J connectivity index is 1.40. The standard InChI is InChI=1S/C21H26N2O5S/c1-26-20-5-3-16(13-21(20)27-2)15-22-8-10-23(11-9-22)29(24,25)18-4-6-19-17(14-18)7-12-28-19/h3-6,13-14H,7-12,15H2,1-2H3. The minimum absolute atomic E-state index is 0.357. The van der Waals surface area contributed by atoms with Crippen LogP contribution in [0.1, 0.15) is 11.1 Å². The van der Waals surface area contributed by atoms with Crippen LogP contribution in [0.2, 0.25) is 0 Å². The number of rotatable bonds is 6. The number of methoxy groups -OCH3 is 2. The van der Waals surface area contributed by atoms with E-state index in [0.29, 0.717) is 49.2 Å². The Morgan fingerprint density at radius 1 is 0.966 bits per heavy atom. The van der Waals surface area contributed by atoms with Gasteiger partial charge in [0.25, 0.3) is 0 Å². The van der Waals surface area contributed by atoms with Crippen molar-refractivity contribution in [1.29, 1.82) is 0 Å². The normalized spacial score (nSPS) is 17.6. The lowest BCUT2D eigenvalue weighted by molar-refractivity contribution is 0.181. The second kappa shape index (κ2) is 8.22. The Kier molecular flexibility index (Phi) is 5.67. The van der Waals surface area contributed by atoms with Crippen LogP contribution in [-0.4, -0.2) is 64.6 Å². The lowest BCUT2D eigenvalue weighted by Crippen LogP contribution is -2.48. The van der Waals surface area contributed by atoms with Crippen LogP contribution in [-0.2, 0) is 23.0 Å². The number of benzene rings is 2. The van der Waals surface area contributed by atoms with Crippen molar-refractivity contribution < 1.29 is 22.6 Å². The van der Waals surface area contributed by atoms with Crippen molar-refractivity contribution in [2.75, 3.05) is 47.0 Å². The molecule has 156 valence electrons. The maximum absolute atomic E-state index is 13.0. The minimum Gasteiger partial charge on any atom is -0.493 e. The topological polar surface area (TPSA) is 68.3 Å². The number of hydrogen-bond donors (Lipinski definition) is 0. The summed E-state index contributed by atoms with van der Waals surface area (Å²) in [6, 6.07) is 11.0. The number of hydrogen-bond acceptors (Lipinski definition) is 6. The molecule has 2 heterocycles. The van der Waals surface area contributed by atoms with E-state index < -0.39 is 10.0 Å². The van der Waals surface area contributed by atoms with Gasteiger partial charge in [0.05, 0.1) is 25.7 Å². The van der Waals surface area contributed by atoms with E-state index in [9.17, 15) is 8.42 Å². The van der Waals surface area contributed by atoms with Crippen LogP contribution in [0.25, 0.3) is 0 Å². The van der Waals surface area contributed by atoms with E-state index in [-0.39, 0.29) is 0 Å². The molecule has 2 aromatic carbocycles. The quantitative estimate of drug-likeness (QED) is 0.716. The average Bonchev–Trinajstić information content (AvgIpc) is 3.22. The summed E-state index contributed by atoms with van der Waals surface area (Å²) < 4.78 is 43.8. The maximum Gasteiger partial charge on any atom is 0.243 e. The van der Waals surface area contributed by atoms with E-state index in [2.05, 4.69) is 4.90 Å². The van der Waals surface area contributed by atoms with Gasteiger partial charge in [0.2, 0.25) is 10.0 Å². The van der Waals surface area contributed by atoms with Crippen molar-refractivity contribution in [3.63, 3.8) is 0 Å². The lowest BCUT2D eigenvalue weighted by atomic mass is 10.1. The molecule has 0 atom stereocenters. The molecule has 2 aliphatic heterocycles. The van der Waals surface area contributed by atoms with Gasteiger partial charge in [0.1, 0.15) is 5.75 Å². The Bertz CT molecular complexity index is 985. The van der Waals surface area contributed by atoms with Gasteiger partial charge in [-0.25, -0.2) is 8.42 Å². The SMILES string of the molecule is COc1ccc(CN2CCN(S(=O)(=O)c3ccc4c(c3)CCO4)CC2)cc1OC. The highest BCUT2D eigenvalue weighted by Crippen LogP contribution is 2.30. The molecule has 0 amide bonds. The Hall–Kier alpha value is -2.29. The molecular weight excluding hydrogens is 392 g/mol. The number of nitrogens with zero attached hydrogens (tertiary/aromatic N) is 2. The molecule has 8 heteroatoms. The zero-order valence-corrected chi connectivity index (χ0v) is 17.6. The second-order valence-corrected chi connectivity index (χ2v) is 9.18. The molecule has 0 unspecified atom stereocenters. The maximum atomic E-state index is 13.0. The predicted octanol–water partition coefficient (Wildman–Crippen LogP) is 2.15. The molecule has 1 saturated heterocycles. The van der Waals surface area contributed by atoms with E-state index >= 15 is 0 Å². The Morgan fingerprint density at radius 3 is 2.45 bits per heavy atom. The third kappa shape index (κ3) is 4.05. The second-order valence-electron chi connectivity index (χ2n) is 7.24. The molecule has 0 bridgehead atoms. The monoisotopic (exact) mass is 418 g/mol. The van der Waals surface area contributed by atoms with Crippen LogP contribution in [0.3, 0.4) is 0 Å². The van der Waals surface area contributed by atoms with Crippen LogP contribution >= 0.6 is 0 Å². The number of fused-ring (bicyclic) bond motifs is 1. The van der Waals surface area contributed by atoms with Gasteiger partial charge in [-0.2, -0.15) is 4.31 Å². The summed E-state index contributed by atoms with van der Waals surface area (Å²) in [5.41, 5.74) is 2.08. The zero-order chi connectivity index (χ0) is 20.4. The summed E-state index contributed by atoms with van der Waals surface area (Å²) in [4.78, 5) is 2.61.